The van der Waals surface area contributed by atoms with Gasteiger partial charge in [0.1, 0.15) is 5.82 Å². The van der Waals surface area contributed by atoms with E-state index in [1.54, 1.807) is 0 Å². The molecule has 0 fully saturated rings. The zero-order chi connectivity index (χ0) is 12.1. The molecule has 1 aromatic carbocycles. The molecule has 0 heterocycles. The SMILES string of the molecule is COc1cc(F)c(CNC(=O)C=O)cc1F. The summed E-state index contributed by atoms with van der Waals surface area (Å²) in [5, 5.41) is 2.10. The van der Waals surface area contributed by atoms with Crippen LogP contribution in [0, 0.1) is 11.6 Å². The van der Waals surface area contributed by atoms with Gasteiger partial charge in [-0.2, -0.15) is 0 Å². The summed E-state index contributed by atoms with van der Waals surface area (Å²) >= 11 is 0. The highest BCUT2D eigenvalue weighted by Crippen LogP contribution is 2.20. The van der Waals surface area contributed by atoms with Crippen LogP contribution in [0.4, 0.5) is 8.78 Å². The van der Waals surface area contributed by atoms with Crippen LogP contribution in [0.3, 0.4) is 0 Å². The highest BCUT2D eigenvalue weighted by molar-refractivity contribution is 6.23. The number of carbonyl (C=O) groups excluding carboxylic acids is 2. The van der Waals surface area contributed by atoms with Crippen LogP contribution in [0.15, 0.2) is 12.1 Å². The summed E-state index contributed by atoms with van der Waals surface area (Å²) in [6.07, 6.45) is 0.0534. The van der Waals surface area contributed by atoms with E-state index in [0.29, 0.717) is 0 Å². The summed E-state index contributed by atoms with van der Waals surface area (Å²) in [6, 6.07) is 1.77. The molecule has 0 aliphatic rings. The molecule has 4 nitrogen and oxygen atoms in total. The maximum absolute atomic E-state index is 13.3. The first-order valence-corrected chi connectivity index (χ1v) is 4.33. The van der Waals surface area contributed by atoms with Gasteiger partial charge in [0.25, 0.3) is 5.91 Å². The summed E-state index contributed by atoms with van der Waals surface area (Å²) in [5.41, 5.74) is -0.0616. The van der Waals surface area contributed by atoms with E-state index in [1.807, 2.05) is 0 Å². The van der Waals surface area contributed by atoms with Crippen molar-refractivity contribution in [3.63, 3.8) is 0 Å². The topological polar surface area (TPSA) is 55.4 Å². The van der Waals surface area contributed by atoms with Crippen LogP contribution in [0.5, 0.6) is 5.75 Å². The molecule has 0 saturated heterocycles. The van der Waals surface area contributed by atoms with E-state index in [4.69, 9.17) is 0 Å². The van der Waals surface area contributed by atoms with Crippen molar-refractivity contribution >= 4 is 12.2 Å². The van der Waals surface area contributed by atoms with Crippen molar-refractivity contribution in [2.45, 2.75) is 6.54 Å². The predicted molar refractivity (Wildman–Crippen MR) is 50.8 cm³/mol. The number of methoxy groups -OCH3 is 1. The fourth-order valence-corrected chi connectivity index (χ4v) is 1.09. The third-order valence-electron chi connectivity index (χ3n) is 1.88. The normalized spacial score (nSPS) is 9.69. The van der Waals surface area contributed by atoms with Gasteiger partial charge in [0.2, 0.25) is 6.29 Å². The van der Waals surface area contributed by atoms with Crippen LogP contribution in [-0.2, 0) is 16.1 Å². The van der Waals surface area contributed by atoms with E-state index >= 15 is 0 Å². The first kappa shape index (κ1) is 12.1. The smallest absolute Gasteiger partial charge is 0.284 e. The Labute approximate surface area is 90.2 Å². The zero-order valence-corrected chi connectivity index (χ0v) is 8.42. The van der Waals surface area contributed by atoms with Crippen molar-refractivity contribution in [3.05, 3.63) is 29.3 Å². The van der Waals surface area contributed by atoms with Crippen molar-refractivity contribution in [2.75, 3.05) is 7.11 Å². The molecule has 1 rings (SSSR count). The molecule has 0 spiro atoms. The zero-order valence-electron chi connectivity index (χ0n) is 8.42. The molecule has 1 amide bonds. The van der Waals surface area contributed by atoms with Gasteiger partial charge in [-0.25, -0.2) is 8.78 Å². The monoisotopic (exact) mass is 229 g/mol. The Morgan fingerprint density at radius 1 is 1.44 bits per heavy atom. The Morgan fingerprint density at radius 3 is 2.69 bits per heavy atom. The van der Waals surface area contributed by atoms with E-state index in [-0.39, 0.29) is 24.1 Å². The van der Waals surface area contributed by atoms with Crippen molar-refractivity contribution in [2.24, 2.45) is 0 Å². The predicted octanol–water partition coefficient (Wildman–Crippen LogP) is 0.788. The average molecular weight is 229 g/mol. The third kappa shape index (κ3) is 2.75. The molecule has 16 heavy (non-hydrogen) atoms. The summed E-state index contributed by atoms with van der Waals surface area (Å²) in [5.74, 6) is -2.57. The Hall–Kier alpha value is -1.98. The molecule has 0 radical (unpaired) electrons. The number of halogens is 2. The quantitative estimate of drug-likeness (QED) is 0.613. The van der Waals surface area contributed by atoms with Crippen LogP contribution < -0.4 is 10.1 Å². The second-order valence-corrected chi connectivity index (χ2v) is 2.91. The maximum Gasteiger partial charge on any atom is 0.284 e. The fourth-order valence-electron chi connectivity index (χ4n) is 1.09. The van der Waals surface area contributed by atoms with Gasteiger partial charge in [-0.05, 0) is 6.07 Å². The third-order valence-corrected chi connectivity index (χ3v) is 1.88. The number of hydrogen-bond donors (Lipinski definition) is 1. The van der Waals surface area contributed by atoms with Crippen molar-refractivity contribution in [3.8, 4) is 5.75 Å². The largest absolute Gasteiger partial charge is 0.494 e. The van der Waals surface area contributed by atoms with Crippen molar-refractivity contribution < 1.29 is 23.1 Å². The molecule has 1 N–H and O–H groups in total. The molecule has 0 aromatic heterocycles. The summed E-state index contributed by atoms with van der Waals surface area (Å²) in [7, 11) is 1.21. The van der Waals surface area contributed by atoms with Crippen LogP contribution in [0.2, 0.25) is 0 Å². The molecule has 0 aliphatic carbocycles. The maximum atomic E-state index is 13.3. The van der Waals surface area contributed by atoms with Crippen molar-refractivity contribution in [1.29, 1.82) is 0 Å². The molecule has 0 unspecified atom stereocenters. The Kier molecular flexibility index (Phi) is 3.93. The number of benzene rings is 1. The van der Waals surface area contributed by atoms with Crippen molar-refractivity contribution in [1.82, 2.24) is 5.32 Å². The molecule has 1 aromatic rings. The van der Waals surface area contributed by atoms with Gasteiger partial charge >= 0.3 is 0 Å². The van der Waals surface area contributed by atoms with Gasteiger partial charge in [-0.3, -0.25) is 9.59 Å². The minimum Gasteiger partial charge on any atom is -0.494 e. The van der Waals surface area contributed by atoms with Gasteiger partial charge in [0, 0.05) is 18.2 Å². The standard InChI is InChI=1S/C10H9F2NO3/c1-16-9-3-7(11)6(2-8(9)12)4-13-10(15)5-14/h2-3,5H,4H2,1H3,(H,13,15). The molecule has 0 atom stereocenters. The highest BCUT2D eigenvalue weighted by Gasteiger charge is 2.10. The molecule has 6 heteroatoms. The summed E-state index contributed by atoms with van der Waals surface area (Å²) in [4.78, 5) is 20.6. The minimum atomic E-state index is -0.893. The summed E-state index contributed by atoms with van der Waals surface area (Å²) < 4.78 is 31.0. The second kappa shape index (κ2) is 5.20. The molecule has 86 valence electrons. The van der Waals surface area contributed by atoms with Gasteiger partial charge in [0.05, 0.1) is 7.11 Å². The number of hydrogen-bond acceptors (Lipinski definition) is 3. The van der Waals surface area contributed by atoms with Crippen LogP contribution in [0.25, 0.3) is 0 Å². The molecular formula is C10H9F2NO3. The molecule has 0 saturated carbocycles. The molecule has 0 aliphatic heterocycles. The van der Waals surface area contributed by atoms with E-state index in [0.717, 1.165) is 12.1 Å². The number of nitrogens with one attached hydrogen (secondary N) is 1. The van der Waals surface area contributed by atoms with Gasteiger partial charge in [-0.1, -0.05) is 0 Å². The first-order valence-electron chi connectivity index (χ1n) is 4.33. The molecule has 0 bridgehead atoms. The van der Waals surface area contributed by atoms with Gasteiger partial charge < -0.3 is 10.1 Å². The Morgan fingerprint density at radius 2 is 2.12 bits per heavy atom. The number of aldehydes is 1. The lowest BCUT2D eigenvalue weighted by molar-refractivity contribution is -0.131. The van der Waals surface area contributed by atoms with Crippen LogP contribution >= 0.6 is 0 Å². The number of ether oxygens (including phenoxy) is 1. The minimum absolute atomic E-state index is 0.0534. The van der Waals surface area contributed by atoms with E-state index in [2.05, 4.69) is 10.1 Å². The van der Waals surface area contributed by atoms with E-state index in [1.165, 1.54) is 7.11 Å². The van der Waals surface area contributed by atoms with E-state index < -0.39 is 17.5 Å². The molecular weight excluding hydrogens is 220 g/mol. The number of rotatable bonds is 4. The van der Waals surface area contributed by atoms with Gasteiger partial charge in [0.15, 0.2) is 11.6 Å². The second-order valence-electron chi connectivity index (χ2n) is 2.91. The highest BCUT2D eigenvalue weighted by atomic mass is 19.1. The Bertz CT molecular complexity index is 421. The fraction of sp³-hybridized carbons (Fsp3) is 0.200. The van der Waals surface area contributed by atoms with Crippen LogP contribution in [0.1, 0.15) is 5.56 Å². The average Bonchev–Trinajstić information content (AvgIpc) is 2.29. The lowest BCUT2D eigenvalue weighted by Crippen LogP contribution is -2.24. The number of amides is 1. The Balaban J connectivity index is 2.85. The lowest BCUT2D eigenvalue weighted by atomic mass is 10.2. The number of carbonyl (C=O) groups is 2. The lowest BCUT2D eigenvalue weighted by Gasteiger charge is -2.07. The van der Waals surface area contributed by atoms with E-state index in [9.17, 15) is 18.4 Å². The first-order chi connectivity index (χ1) is 7.58. The van der Waals surface area contributed by atoms with Gasteiger partial charge in [-0.15, -0.1) is 0 Å². The summed E-state index contributed by atoms with van der Waals surface area (Å²) in [6.45, 7) is -0.260. The van der Waals surface area contributed by atoms with Crippen LogP contribution in [-0.4, -0.2) is 19.3 Å².